The zero-order chi connectivity index (χ0) is 16.9. The molecule has 0 aromatic carbocycles. The molecule has 2 amide bonds. The predicted molar refractivity (Wildman–Crippen MR) is 95.1 cm³/mol. The molecule has 2 aliphatic rings. The van der Waals surface area contributed by atoms with Crippen molar-refractivity contribution in [1.82, 2.24) is 14.8 Å². The molecule has 3 rings (SSSR count). The molecule has 0 radical (unpaired) electrons. The number of aromatic nitrogens is 1. The Bertz CT molecular complexity index is 584. The molecule has 0 aliphatic carbocycles. The minimum atomic E-state index is 0.0648. The summed E-state index contributed by atoms with van der Waals surface area (Å²) >= 11 is 1.45. The topological polar surface area (TPSA) is 53.5 Å². The van der Waals surface area contributed by atoms with Gasteiger partial charge in [-0.1, -0.05) is 18.7 Å². The first-order chi connectivity index (χ1) is 11.6. The van der Waals surface area contributed by atoms with E-state index in [1.807, 2.05) is 21.9 Å². The molecule has 0 spiro atoms. The van der Waals surface area contributed by atoms with Crippen LogP contribution in [0.4, 0.5) is 0 Å². The summed E-state index contributed by atoms with van der Waals surface area (Å²) in [6.45, 7) is 5.64. The monoisotopic (exact) mass is 347 g/mol. The quantitative estimate of drug-likeness (QED) is 0.786. The summed E-state index contributed by atoms with van der Waals surface area (Å²) in [4.78, 5) is 32.8. The van der Waals surface area contributed by atoms with Gasteiger partial charge in [-0.15, -0.1) is 0 Å². The number of thioether (sulfide) groups is 1. The molecule has 0 bridgehead atoms. The molecule has 24 heavy (non-hydrogen) atoms. The fourth-order valence-electron chi connectivity index (χ4n) is 3.34. The second-order valence-corrected chi connectivity index (χ2v) is 7.76. The van der Waals surface area contributed by atoms with E-state index in [2.05, 4.69) is 11.9 Å². The number of carbonyl (C=O) groups is 2. The van der Waals surface area contributed by atoms with Gasteiger partial charge in [-0.2, -0.15) is 0 Å². The van der Waals surface area contributed by atoms with Crippen molar-refractivity contribution in [2.75, 3.05) is 31.9 Å². The van der Waals surface area contributed by atoms with Crippen LogP contribution in [0.5, 0.6) is 0 Å². The molecule has 0 N–H and O–H groups in total. The van der Waals surface area contributed by atoms with Crippen molar-refractivity contribution in [3.63, 3.8) is 0 Å². The fourth-order valence-corrected chi connectivity index (χ4v) is 4.08. The lowest BCUT2D eigenvalue weighted by Crippen LogP contribution is -2.40. The third-order valence-electron chi connectivity index (χ3n) is 4.73. The molecular weight excluding hydrogens is 322 g/mol. The van der Waals surface area contributed by atoms with Crippen LogP contribution < -0.4 is 0 Å². The average Bonchev–Trinajstić information content (AvgIpc) is 3.14. The van der Waals surface area contributed by atoms with Crippen molar-refractivity contribution in [3.05, 3.63) is 23.9 Å². The number of pyridine rings is 1. The zero-order valence-corrected chi connectivity index (χ0v) is 15.1. The van der Waals surface area contributed by atoms with Gasteiger partial charge in [0, 0.05) is 32.4 Å². The molecule has 2 aliphatic heterocycles. The van der Waals surface area contributed by atoms with E-state index in [4.69, 9.17) is 0 Å². The number of hydrogen-bond acceptors (Lipinski definition) is 4. The molecular formula is C18H25N3O2S. The number of rotatable bonds is 4. The maximum atomic E-state index is 12.3. The standard InChI is InChI=1S/C18H25N3O2S/c1-14-5-4-10-21(12-14)17(22)13-24-16-7-6-15(11-19-16)18(23)20-8-2-3-9-20/h6-7,11,14H,2-5,8-10,12-13H2,1H3. The summed E-state index contributed by atoms with van der Waals surface area (Å²) in [5.74, 6) is 1.27. The smallest absolute Gasteiger partial charge is 0.255 e. The van der Waals surface area contributed by atoms with E-state index >= 15 is 0 Å². The fraction of sp³-hybridized carbons (Fsp3) is 0.611. The minimum absolute atomic E-state index is 0.0648. The van der Waals surface area contributed by atoms with Crippen LogP contribution in [0.25, 0.3) is 0 Å². The Balaban J connectivity index is 1.50. The number of nitrogens with zero attached hydrogens (tertiary/aromatic N) is 3. The molecule has 0 saturated carbocycles. The van der Waals surface area contributed by atoms with E-state index in [1.165, 1.54) is 18.2 Å². The first-order valence-electron chi connectivity index (χ1n) is 8.79. The molecule has 3 heterocycles. The van der Waals surface area contributed by atoms with Gasteiger partial charge < -0.3 is 9.80 Å². The molecule has 1 aromatic rings. The van der Waals surface area contributed by atoms with Gasteiger partial charge in [-0.25, -0.2) is 4.98 Å². The van der Waals surface area contributed by atoms with Crippen molar-refractivity contribution in [2.24, 2.45) is 5.92 Å². The molecule has 1 aromatic heterocycles. The lowest BCUT2D eigenvalue weighted by atomic mass is 10.0. The number of amides is 2. The van der Waals surface area contributed by atoms with Gasteiger partial charge >= 0.3 is 0 Å². The van der Waals surface area contributed by atoms with Crippen molar-refractivity contribution < 1.29 is 9.59 Å². The molecule has 130 valence electrons. The highest BCUT2D eigenvalue weighted by molar-refractivity contribution is 7.99. The average molecular weight is 347 g/mol. The van der Waals surface area contributed by atoms with Crippen LogP contribution in [0.15, 0.2) is 23.4 Å². The van der Waals surface area contributed by atoms with Crippen LogP contribution in [0.2, 0.25) is 0 Å². The highest BCUT2D eigenvalue weighted by atomic mass is 32.2. The molecule has 1 unspecified atom stereocenters. The summed E-state index contributed by atoms with van der Waals surface area (Å²) < 4.78 is 0. The maximum absolute atomic E-state index is 12.3. The lowest BCUT2D eigenvalue weighted by molar-refractivity contribution is -0.130. The number of likely N-dealkylation sites (tertiary alicyclic amines) is 2. The summed E-state index contributed by atoms with van der Waals surface area (Å²) in [5, 5.41) is 0.798. The van der Waals surface area contributed by atoms with E-state index in [9.17, 15) is 9.59 Å². The molecule has 2 fully saturated rings. The van der Waals surface area contributed by atoms with Crippen molar-refractivity contribution in [1.29, 1.82) is 0 Å². The Kier molecular flexibility index (Phi) is 5.76. The maximum Gasteiger partial charge on any atom is 0.255 e. The van der Waals surface area contributed by atoms with Gasteiger partial charge in [-0.3, -0.25) is 9.59 Å². The summed E-state index contributed by atoms with van der Waals surface area (Å²) in [6.07, 6.45) is 6.12. The van der Waals surface area contributed by atoms with Gasteiger partial charge in [-0.05, 0) is 43.7 Å². The number of hydrogen-bond donors (Lipinski definition) is 0. The van der Waals surface area contributed by atoms with Crippen LogP contribution in [-0.2, 0) is 4.79 Å². The zero-order valence-electron chi connectivity index (χ0n) is 14.2. The molecule has 2 saturated heterocycles. The van der Waals surface area contributed by atoms with Crippen LogP contribution in [0.1, 0.15) is 43.0 Å². The van der Waals surface area contributed by atoms with Crippen LogP contribution in [0.3, 0.4) is 0 Å². The molecule has 6 heteroatoms. The van der Waals surface area contributed by atoms with Gasteiger partial charge in [0.05, 0.1) is 16.3 Å². The van der Waals surface area contributed by atoms with Crippen molar-refractivity contribution in [3.8, 4) is 0 Å². The molecule has 5 nitrogen and oxygen atoms in total. The Labute approximate surface area is 147 Å². The number of carbonyl (C=O) groups excluding carboxylic acids is 2. The minimum Gasteiger partial charge on any atom is -0.342 e. The Morgan fingerprint density at radius 2 is 1.92 bits per heavy atom. The van der Waals surface area contributed by atoms with Crippen LogP contribution in [-0.4, -0.2) is 58.5 Å². The Morgan fingerprint density at radius 1 is 1.17 bits per heavy atom. The summed E-state index contributed by atoms with van der Waals surface area (Å²) in [5.41, 5.74) is 0.637. The van der Waals surface area contributed by atoms with Gasteiger partial charge in [0.25, 0.3) is 5.91 Å². The van der Waals surface area contributed by atoms with Crippen molar-refractivity contribution >= 4 is 23.6 Å². The summed E-state index contributed by atoms with van der Waals surface area (Å²) in [7, 11) is 0. The third-order valence-corrected chi connectivity index (χ3v) is 5.66. The van der Waals surface area contributed by atoms with E-state index in [1.54, 1.807) is 6.20 Å². The first-order valence-corrected chi connectivity index (χ1v) is 9.78. The van der Waals surface area contributed by atoms with E-state index < -0.39 is 0 Å². The first kappa shape index (κ1) is 17.3. The van der Waals surface area contributed by atoms with Gasteiger partial charge in [0.2, 0.25) is 5.91 Å². The Hall–Kier alpha value is -1.56. The summed E-state index contributed by atoms with van der Waals surface area (Å²) in [6, 6.07) is 3.67. The van der Waals surface area contributed by atoms with Crippen LogP contribution >= 0.6 is 11.8 Å². The van der Waals surface area contributed by atoms with Gasteiger partial charge in [0.15, 0.2) is 0 Å². The highest BCUT2D eigenvalue weighted by Gasteiger charge is 2.22. The highest BCUT2D eigenvalue weighted by Crippen LogP contribution is 2.20. The lowest BCUT2D eigenvalue weighted by Gasteiger charge is -2.30. The predicted octanol–water partition coefficient (Wildman–Crippen LogP) is 2.67. The van der Waals surface area contributed by atoms with E-state index in [-0.39, 0.29) is 11.8 Å². The number of piperidine rings is 1. The van der Waals surface area contributed by atoms with Crippen molar-refractivity contribution in [2.45, 2.75) is 37.6 Å². The van der Waals surface area contributed by atoms with E-state index in [0.717, 1.165) is 50.5 Å². The second kappa shape index (κ2) is 8.01. The SMILES string of the molecule is CC1CCCN(C(=O)CSc2ccc(C(=O)N3CCCC3)cn2)C1. The van der Waals surface area contributed by atoms with E-state index in [0.29, 0.717) is 17.2 Å². The second-order valence-electron chi connectivity index (χ2n) is 6.76. The third kappa shape index (κ3) is 4.29. The largest absolute Gasteiger partial charge is 0.342 e. The van der Waals surface area contributed by atoms with Gasteiger partial charge in [0.1, 0.15) is 0 Å². The normalized spacial score (nSPS) is 21.1. The van der Waals surface area contributed by atoms with Crippen LogP contribution in [0, 0.1) is 5.92 Å². The Morgan fingerprint density at radius 3 is 2.58 bits per heavy atom. The molecule has 1 atom stereocenters.